The molecule has 0 aromatic heterocycles. The van der Waals surface area contributed by atoms with E-state index in [-0.39, 0.29) is 10.5 Å². The molecule has 0 aliphatic carbocycles. The summed E-state index contributed by atoms with van der Waals surface area (Å²) < 4.78 is 32.5. The second-order valence-electron chi connectivity index (χ2n) is 6.99. The summed E-state index contributed by atoms with van der Waals surface area (Å²) in [6.45, 7) is 3.38. The summed E-state index contributed by atoms with van der Waals surface area (Å²) in [4.78, 5) is 24.1. The van der Waals surface area contributed by atoms with Crippen LogP contribution in [0, 0.1) is 13.8 Å². The highest BCUT2D eigenvalue weighted by atomic mass is 32.2. The van der Waals surface area contributed by atoms with Crippen LogP contribution >= 0.6 is 0 Å². The van der Waals surface area contributed by atoms with E-state index in [9.17, 15) is 18.0 Å². The van der Waals surface area contributed by atoms with Crippen molar-refractivity contribution < 1.29 is 22.7 Å². The Labute approximate surface area is 181 Å². The van der Waals surface area contributed by atoms with E-state index < -0.39 is 28.5 Å². The number of hydrogen-bond donors (Lipinski definition) is 2. The number of esters is 1. The molecule has 0 unspecified atom stereocenters. The highest BCUT2D eigenvalue weighted by molar-refractivity contribution is 7.92. The molecule has 31 heavy (non-hydrogen) atoms. The Morgan fingerprint density at radius 1 is 0.774 bits per heavy atom. The lowest BCUT2D eigenvalue weighted by atomic mass is 10.2. The normalized spacial score (nSPS) is 10.9. The average Bonchev–Trinajstić information content (AvgIpc) is 2.75. The summed E-state index contributed by atoms with van der Waals surface area (Å²) >= 11 is 0. The van der Waals surface area contributed by atoms with Crippen molar-refractivity contribution in [3.8, 4) is 0 Å². The van der Waals surface area contributed by atoms with E-state index in [0.29, 0.717) is 11.4 Å². The van der Waals surface area contributed by atoms with E-state index in [1.165, 1.54) is 24.3 Å². The maximum atomic E-state index is 12.5. The zero-order chi connectivity index (χ0) is 22.4. The second-order valence-corrected chi connectivity index (χ2v) is 8.67. The zero-order valence-electron chi connectivity index (χ0n) is 17.1. The number of sulfonamides is 1. The van der Waals surface area contributed by atoms with Crippen LogP contribution in [0.5, 0.6) is 0 Å². The number of hydrogen-bond acceptors (Lipinski definition) is 5. The van der Waals surface area contributed by atoms with Crippen molar-refractivity contribution in [2.45, 2.75) is 18.7 Å². The summed E-state index contributed by atoms with van der Waals surface area (Å²) in [5.74, 6) is -1.20. The Morgan fingerprint density at radius 2 is 1.29 bits per heavy atom. The van der Waals surface area contributed by atoms with E-state index in [4.69, 9.17) is 4.74 Å². The Bertz CT molecular complexity index is 1170. The lowest BCUT2D eigenvalue weighted by Crippen LogP contribution is -2.21. The number of carbonyl (C=O) groups excluding carboxylic acids is 2. The molecule has 2 N–H and O–H groups in total. The second kappa shape index (κ2) is 9.44. The Kier molecular flexibility index (Phi) is 6.71. The first-order valence-electron chi connectivity index (χ1n) is 9.46. The topological polar surface area (TPSA) is 102 Å². The molecule has 3 aromatic rings. The number of aryl methyl sites for hydroxylation is 2. The van der Waals surface area contributed by atoms with Crippen LogP contribution in [0.3, 0.4) is 0 Å². The minimum Gasteiger partial charge on any atom is -0.452 e. The molecule has 0 bridgehead atoms. The molecule has 1 amide bonds. The molecule has 0 atom stereocenters. The number of ether oxygens (including phenoxy) is 1. The molecule has 0 spiro atoms. The molecule has 0 aliphatic heterocycles. The van der Waals surface area contributed by atoms with Crippen LogP contribution in [-0.2, 0) is 19.6 Å². The molecule has 3 rings (SSSR count). The third-order valence-corrected chi connectivity index (χ3v) is 5.77. The van der Waals surface area contributed by atoms with Gasteiger partial charge in [0.1, 0.15) is 0 Å². The maximum Gasteiger partial charge on any atom is 0.338 e. The van der Waals surface area contributed by atoms with Gasteiger partial charge in [-0.2, -0.15) is 0 Å². The van der Waals surface area contributed by atoms with Gasteiger partial charge in [-0.25, -0.2) is 13.2 Å². The number of amides is 1. The van der Waals surface area contributed by atoms with Gasteiger partial charge in [-0.1, -0.05) is 35.4 Å². The van der Waals surface area contributed by atoms with Gasteiger partial charge in [-0.05, 0) is 62.4 Å². The third kappa shape index (κ3) is 6.16. The molecule has 0 aliphatic rings. The third-order valence-electron chi connectivity index (χ3n) is 4.37. The van der Waals surface area contributed by atoms with Crippen LogP contribution < -0.4 is 10.0 Å². The summed E-state index contributed by atoms with van der Waals surface area (Å²) in [6, 6.07) is 19.4. The van der Waals surface area contributed by atoms with Crippen LogP contribution in [0.15, 0.2) is 77.7 Å². The van der Waals surface area contributed by atoms with Gasteiger partial charge in [-0.15, -0.1) is 0 Å². The number of rotatable bonds is 7. The SMILES string of the molecule is Cc1ccc(NC(=O)COC(=O)c2ccc(S(=O)(=O)Nc3ccc(C)cc3)cc2)cc1. The van der Waals surface area contributed by atoms with Gasteiger partial charge in [0.25, 0.3) is 15.9 Å². The summed E-state index contributed by atoms with van der Waals surface area (Å²) in [5.41, 5.74) is 3.25. The van der Waals surface area contributed by atoms with Crippen LogP contribution in [0.4, 0.5) is 11.4 Å². The fourth-order valence-corrected chi connectivity index (χ4v) is 3.71. The summed E-state index contributed by atoms with van der Waals surface area (Å²) in [5, 5.41) is 2.63. The molecule has 160 valence electrons. The minimum absolute atomic E-state index is 0.00161. The standard InChI is InChI=1S/C23H22N2O5S/c1-16-3-9-19(10-4-16)24-22(26)15-30-23(27)18-7-13-21(14-8-18)31(28,29)25-20-11-5-17(2)6-12-20/h3-14,25H,15H2,1-2H3,(H,24,26). The van der Waals surface area contributed by atoms with Crippen LogP contribution in [-0.4, -0.2) is 26.9 Å². The average molecular weight is 439 g/mol. The van der Waals surface area contributed by atoms with Gasteiger partial charge < -0.3 is 10.1 Å². The number of nitrogens with one attached hydrogen (secondary N) is 2. The molecular formula is C23H22N2O5S. The number of anilines is 2. The van der Waals surface area contributed by atoms with Crippen molar-refractivity contribution in [1.82, 2.24) is 0 Å². The van der Waals surface area contributed by atoms with E-state index in [1.807, 2.05) is 26.0 Å². The minimum atomic E-state index is -3.80. The molecule has 0 saturated carbocycles. The molecule has 8 heteroatoms. The highest BCUT2D eigenvalue weighted by Crippen LogP contribution is 2.17. The fourth-order valence-electron chi connectivity index (χ4n) is 2.65. The molecule has 3 aromatic carbocycles. The largest absolute Gasteiger partial charge is 0.452 e. The van der Waals surface area contributed by atoms with Crippen molar-refractivity contribution in [2.24, 2.45) is 0 Å². The quantitative estimate of drug-likeness (QED) is 0.545. The van der Waals surface area contributed by atoms with Crippen molar-refractivity contribution >= 4 is 33.3 Å². The van der Waals surface area contributed by atoms with Crippen molar-refractivity contribution in [2.75, 3.05) is 16.6 Å². The molecular weight excluding hydrogens is 416 g/mol. The van der Waals surface area contributed by atoms with E-state index in [2.05, 4.69) is 10.0 Å². The Balaban J connectivity index is 1.57. The van der Waals surface area contributed by atoms with Crippen LogP contribution in [0.25, 0.3) is 0 Å². The first-order chi connectivity index (χ1) is 14.7. The molecule has 0 saturated heterocycles. The molecule has 0 fully saturated rings. The molecule has 7 nitrogen and oxygen atoms in total. The van der Waals surface area contributed by atoms with Crippen LogP contribution in [0.1, 0.15) is 21.5 Å². The predicted octanol–water partition coefficient (Wildman–Crippen LogP) is 3.90. The van der Waals surface area contributed by atoms with Gasteiger partial charge in [0.15, 0.2) is 6.61 Å². The zero-order valence-corrected chi connectivity index (χ0v) is 17.9. The predicted molar refractivity (Wildman–Crippen MR) is 119 cm³/mol. The van der Waals surface area contributed by atoms with E-state index in [0.717, 1.165) is 11.1 Å². The smallest absolute Gasteiger partial charge is 0.338 e. The van der Waals surface area contributed by atoms with Crippen molar-refractivity contribution in [3.63, 3.8) is 0 Å². The van der Waals surface area contributed by atoms with Gasteiger partial charge in [0.2, 0.25) is 0 Å². The first kappa shape index (κ1) is 22.0. The molecule has 0 radical (unpaired) electrons. The van der Waals surface area contributed by atoms with Gasteiger partial charge >= 0.3 is 5.97 Å². The fraction of sp³-hybridized carbons (Fsp3) is 0.130. The number of benzene rings is 3. The van der Waals surface area contributed by atoms with E-state index >= 15 is 0 Å². The van der Waals surface area contributed by atoms with Gasteiger partial charge in [0.05, 0.1) is 10.5 Å². The lowest BCUT2D eigenvalue weighted by molar-refractivity contribution is -0.119. The highest BCUT2D eigenvalue weighted by Gasteiger charge is 2.16. The monoisotopic (exact) mass is 438 g/mol. The lowest BCUT2D eigenvalue weighted by Gasteiger charge is -2.09. The summed E-state index contributed by atoms with van der Waals surface area (Å²) in [6.07, 6.45) is 0. The van der Waals surface area contributed by atoms with Crippen molar-refractivity contribution in [3.05, 3.63) is 89.5 Å². The number of carbonyl (C=O) groups is 2. The first-order valence-corrected chi connectivity index (χ1v) is 10.9. The van der Waals surface area contributed by atoms with Gasteiger partial charge in [0, 0.05) is 11.4 Å². The van der Waals surface area contributed by atoms with Crippen LogP contribution in [0.2, 0.25) is 0 Å². The van der Waals surface area contributed by atoms with Crippen molar-refractivity contribution in [1.29, 1.82) is 0 Å². The Morgan fingerprint density at radius 3 is 1.84 bits per heavy atom. The Hall–Kier alpha value is -3.65. The van der Waals surface area contributed by atoms with Gasteiger partial charge in [-0.3, -0.25) is 9.52 Å². The summed E-state index contributed by atoms with van der Waals surface area (Å²) in [7, 11) is -3.80. The maximum absolute atomic E-state index is 12.5. The molecule has 0 heterocycles. The van der Waals surface area contributed by atoms with E-state index in [1.54, 1.807) is 36.4 Å².